The molecule has 0 aliphatic rings. The Morgan fingerprint density at radius 2 is 2.09 bits per heavy atom. The van der Waals surface area contributed by atoms with Gasteiger partial charge in [-0.25, -0.2) is 0 Å². The van der Waals surface area contributed by atoms with Crippen molar-refractivity contribution in [3.8, 4) is 0 Å². The highest BCUT2D eigenvalue weighted by Gasteiger charge is 2.03. The third-order valence-electron chi connectivity index (χ3n) is 2.09. The molecule has 0 saturated heterocycles. The molecule has 0 spiro atoms. The van der Waals surface area contributed by atoms with Gasteiger partial charge in [-0.05, 0) is 18.8 Å². The summed E-state index contributed by atoms with van der Waals surface area (Å²) >= 11 is 0. The van der Waals surface area contributed by atoms with Crippen molar-refractivity contribution in [2.45, 2.75) is 46.0 Å². The van der Waals surface area contributed by atoms with E-state index in [0.717, 1.165) is 12.3 Å². The minimum atomic E-state index is 0.827. The van der Waals surface area contributed by atoms with Gasteiger partial charge < -0.3 is 0 Å². The monoisotopic (exact) mass is 153 g/mol. The molecule has 0 aromatic rings. The summed E-state index contributed by atoms with van der Waals surface area (Å²) in [4.78, 5) is 0. The average molecular weight is 153 g/mol. The summed E-state index contributed by atoms with van der Waals surface area (Å²) in [5.41, 5.74) is 0. The first-order valence-corrected chi connectivity index (χ1v) is 4.79. The van der Waals surface area contributed by atoms with Crippen LogP contribution in [-0.2, 0) is 0 Å². The van der Waals surface area contributed by atoms with Crippen LogP contribution in [0.1, 0.15) is 46.0 Å². The molecule has 11 heavy (non-hydrogen) atoms. The lowest BCUT2D eigenvalue weighted by Gasteiger charge is -2.11. The second-order valence-electron chi connectivity index (χ2n) is 3.07. The van der Waals surface area contributed by atoms with E-state index in [9.17, 15) is 0 Å². The standard InChI is InChI=1S/C11H21/c1-4-7-9-11(6-3)10-8-5-2/h4,9,11H,1,5-8,10H2,2-3H3. The maximum Gasteiger partial charge on any atom is -0.0317 e. The molecule has 0 aliphatic heterocycles. The smallest absolute Gasteiger partial charge is 0.0317 e. The summed E-state index contributed by atoms with van der Waals surface area (Å²) in [6, 6.07) is 0. The maximum absolute atomic E-state index is 3.72. The van der Waals surface area contributed by atoms with Crippen molar-refractivity contribution in [2.75, 3.05) is 0 Å². The van der Waals surface area contributed by atoms with Crippen LogP contribution in [0, 0.1) is 12.3 Å². The van der Waals surface area contributed by atoms with E-state index in [0.29, 0.717) is 0 Å². The molecule has 1 unspecified atom stereocenters. The van der Waals surface area contributed by atoms with Crippen LogP contribution < -0.4 is 0 Å². The lowest BCUT2D eigenvalue weighted by Crippen LogP contribution is -1.98. The molecule has 0 aromatic heterocycles. The zero-order chi connectivity index (χ0) is 8.53. The predicted molar refractivity (Wildman–Crippen MR) is 52.4 cm³/mol. The first-order chi connectivity index (χ1) is 5.35. The third-order valence-corrected chi connectivity index (χ3v) is 2.09. The number of allylic oxidation sites excluding steroid dienone is 1. The maximum atomic E-state index is 3.72. The number of hydrogen-bond donors (Lipinski definition) is 0. The molecule has 0 fully saturated rings. The molecule has 0 heteroatoms. The Morgan fingerprint density at radius 3 is 2.55 bits per heavy atom. The van der Waals surface area contributed by atoms with Crippen LogP contribution in [0.3, 0.4) is 0 Å². The van der Waals surface area contributed by atoms with E-state index in [-0.39, 0.29) is 0 Å². The molecule has 0 aromatic carbocycles. The summed E-state index contributed by atoms with van der Waals surface area (Å²) in [6.45, 7) is 8.23. The van der Waals surface area contributed by atoms with Gasteiger partial charge in [0.25, 0.3) is 0 Å². The normalized spacial score (nSPS) is 12.9. The number of unbranched alkanes of at least 4 members (excludes halogenated alkanes) is 1. The fourth-order valence-electron chi connectivity index (χ4n) is 1.24. The second kappa shape index (κ2) is 7.84. The molecule has 0 amide bonds. The molecule has 0 nitrogen and oxygen atoms in total. The molecule has 0 N–H and O–H groups in total. The van der Waals surface area contributed by atoms with Crippen molar-refractivity contribution in [1.82, 2.24) is 0 Å². The first-order valence-electron chi connectivity index (χ1n) is 4.79. The van der Waals surface area contributed by atoms with Gasteiger partial charge in [0.1, 0.15) is 0 Å². The first kappa shape index (κ1) is 10.7. The molecule has 0 bridgehead atoms. The Bertz CT molecular complexity index is 84.0. The van der Waals surface area contributed by atoms with E-state index < -0.39 is 0 Å². The lowest BCUT2D eigenvalue weighted by molar-refractivity contribution is 0.502. The Kier molecular flexibility index (Phi) is 7.66. The fourth-order valence-corrected chi connectivity index (χ4v) is 1.24. The van der Waals surface area contributed by atoms with Crippen LogP contribution in [-0.4, -0.2) is 0 Å². The summed E-state index contributed by atoms with van der Waals surface area (Å²) in [7, 11) is 0. The summed E-state index contributed by atoms with van der Waals surface area (Å²) in [5.74, 6) is 0.827. The van der Waals surface area contributed by atoms with Gasteiger partial charge in [-0.1, -0.05) is 45.6 Å². The Balaban J connectivity index is 3.32. The number of rotatable bonds is 7. The van der Waals surface area contributed by atoms with E-state index in [1.54, 1.807) is 0 Å². The highest BCUT2D eigenvalue weighted by molar-refractivity contribution is 4.83. The Hall–Kier alpha value is -0.260. The zero-order valence-electron chi connectivity index (χ0n) is 7.97. The lowest BCUT2D eigenvalue weighted by atomic mass is 9.94. The zero-order valence-corrected chi connectivity index (χ0v) is 7.97. The van der Waals surface area contributed by atoms with Crippen molar-refractivity contribution in [3.05, 3.63) is 19.1 Å². The molecular weight excluding hydrogens is 132 g/mol. The van der Waals surface area contributed by atoms with Gasteiger partial charge in [0.15, 0.2) is 0 Å². The van der Waals surface area contributed by atoms with Gasteiger partial charge in [-0.15, -0.1) is 6.58 Å². The van der Waals surface area contributed by atoms with Crippen LogP contribution in [0.5, 0.6) is 0 Å². The minimum Gasteiger partial charge on any atom is -0.103 e. The Morgan fingerprint density at radius 1 is 1.36 bits per heavy atom. The van der Waals surface area contributed by atoms with Gasteiger partial charge in [0, 0.05) is 0 Å². The second-order valence-corrected chi connectivity index (χ2v) is 3.07. The molecule has 0 heterocycles. The van der Waals surface area contributed by atoms with Crippen LogP contribution in [0.2, 0.25) is 0 Å². The van der Waals surface area contributed by atoms with E-state index in [1.807, 2.05) is 6.08 Å². The highest BCUT2D eigenvalue weighted by Crippen LogP contribution is 2.17. The van der Waals surface area contributed by atoms with Gasteiger partial charge in [0.2, 0.25) is 0 Å². The van der Waals surface area contributed by atoms with Crippen LogP contribution >= 0.6 is 0 Å². The molecule has 0 aliphatic carbocycles. The SMILES string of the molecule is C=CC[CH]C(CC)CCCC. The average Bonchev–Trinajstić information content (AvgIpc) is 2.05. The van der Waals surface area contributed by atoms with Crippen molar-refractivity contribution in [1.29, 1.82) is 0 Å². The van der Waals surface area contributed by atoms with Crippen LogP contribution in [0.15, 0.2) is 12.7 Å². The molecule has 65 valence electrons. The topological polar surface area (TPSA) is 0 Å². The quantitative estimate of drug-likeness (QED) is 0.485. The molecule has 0 rings (SSSR count). The Labute approximate surface area is 71.7 Å². The predicted octanol–water partition coefficient (Wildman–Crippen LogP) is 3.98. The fraction of sp³-hybridized carbons (Fsp3) is 0.727. The van der Waals surface area contributed by atoms with Crippen molar-refractivity contribution in [3.63, 3.8) is 0 Å². The van der Waals surface area contributed by atoms with Crippen LogP contribution in [0.25, 0.3) is 0 Å². The van der Waals surface area contributed by atoms with Gasteiger partial charge in [-0.2, -0.15) is 0 Å². The van der Waals surface area contributed by atoms with Gasteiger partial charge in [0.05, 0.1) is 0 Å². The largest absolute Gasteiger partial charge is 0.103 e. The molecule has 1 atom stereocenters. The van der Waals surface area contributed by atoms with Gasteiger partial charge in [-0.3, -0.25) is 0 Å². The molecular formula is C11H21. The van der Waals surface area contributed by atoms with Crippen LogP contribution in [0.4, 0.5) is 0 Å². The molecule has 0 saturated carbocycles. The highest BCUT2D eigenvalue weighted by atomic mass is 14.1. The summed E-state index contributed by atoms with van der Waals surface area (Å²) < 4.78 is 0. The van der Waals surface area contributed by atoms with E-state index in [2.05, 4.69) is 26.8 Å². The van der Waals surface area contributed by atoms with Gasteiger partial charge >= 0.3 is 0 Å². The van der Waals surface area contributed by atoms with E-state index in [1.165, 1.54) is 25.7 Å². The summed E-state index contributed by atoms with van der Waals surface area (Å²) in [6.07, 6.45) is 10.8. The molecule has 1 radical (unpaired) electrons. The van der Waals surface area contributed by atoms with E-state index in [4.69, 9.17) is 0 Å². The van der Waals surface area contributed by atoms with Crippen molar-refractivity contribution in [2.24, 2.45) is 5.92 Å². The minimum absolute atomic E-state index is 0.827. The van der Waals surface area contributed by atoms with E-state index >= 15 is 0 Å². The van der Waals surface area contributed by atoms with Crippen molar-refractivity contribution < 1.29 is 0 Å². The third kappa shape index (κ3) is 6.15. The van der Waals surface area contributed by atoms with Crippen molar-refractivity contribution >= 4 is 0 Å². The summed E-state index contributed by atoms with van der Waals surface area (Å²) in [5, 5.41) is 0. The number of hydrogen-bond acceptors (Lipinski definition) is 0.